The maximum Gasteiger partial charge on any atom is 0.131 e. The Hall–Kier alpha value is -1.69. The van der Waals surface area contributed by atoms with Crippen molar-refractivity contribution in [3.8, 4) is 0 Å². The van der Waals surface area contributed by atoms with Crippen molar-refractivity contribution in [1.82, 2.24) is 15.0 Å². The third-order valence-corrected chi connectivity index (χ3v) is 2.40. The molecule has 0 radical (unpaired) electrons. The van der Waals surface area contributed by atoms with Crippen LogP contribution in [0.5, 0.6) is 0 Å². The Morgan fingerprint density at radius 1 is 1.43 bits per heavy atom. The van der Waals surface area contributed by atoms with Crippen molar-refractivity contribution in [2.75, 3.05) is 11.1 Å². The number of nitrogens with two attached hydrogens (primary N) is 1. The number of rotatable bonds is 3. The summed E-state index contributed by atoms with van der Waals surface area (Å²) in [7, 11) is 0. The Kier molecular flexibility index (Phi) is 2.55. The van der Waals surface area contributed by atoms with Gasteiger partial charge in [0, 0.05) is 17.1 Å². The van der Waals surface area contributed by atoms with E-state index in [1.165, 1.54) is 6.33 Å². The Bertz CT molecular complexity index is 400. The van der Waals surface area contributed by atoms with Crippen LogP contribution in [0.2, 0.25) is 0 Å². The summed E-state index contributed by atoms with van der Waals surface area (Å²) in [5.41, 5.74) is 7.30. The minimum atomic E-state index is 0.465. The molecule has 0 aliphatic heterocycles. The van der Waals surface area contributed by atoms with Crippen LogP contribution in [0.4, 0.5) is 11.6 Å². The lowest BCUT2D eigenvalue weighted by molar-refractivity contribution is 1.10. The van der Waals surface area contributed by atoms with Crippen LogP contribution < -0.4 is 11.1 Å². The monoisotopic (exact) mass is 207 g/mol. The number of nitrogen functional groups attached to an aromatic ring is 1. The van der Waals surface area contributed by atoms with E-state index in [4.69, 9.17) is 5.73 Å². The van der Waals surface area contributed by atoms with Gasteiger partial charge >= 0.3 is 0 Å². The fraction of sp³-hybridized carbons (Fsp3) is 0.125. The first-order valence-corrected chi connectivity index (χ1v) is 4.91. The molecule has 2 heterocycles. The van der Waals surface area contributed by atoms with Gasteiger partial charge in [0.25, 0.3) is 0 Å². The van der Waals surface area contributed by atoms with Crippen LogP contribution >= 0.6 is 11.3 Å². The van der Waals surface area contributed by atoms with Gasteiger partial charge in [0.05, 0.1) is 12.1 Å². The maximum absolute atomic E-state index is 5.51. The van der Waals surface area contributed by atoms with Gasteiger partial charge in [0.1, 0.15) is 18.0 Å². The van der Waals surface area contributed by atoms with Crippen LogP contribution in [-0.4, -0.2) is 15.0 Å². The van der Waals surface area contributed by atoms with Crippen LogP contribution in [0.3, 0.4) is 0 Å². The van der Waals surface area contributed by atoms with Gasteiger partial charge in [0.2, 0.25) is 0 Å². The summed E-state index contributed by atoms with van der Waals surface area (Å²) in [4.78, 5) is 13.0. The predicted molar refractivity (Wildman–Crippen MR) is 55.9 cm³/mol. The Morgan fingerprint density at radius 3 is 3.07 bits per heavy atom. The molecule has 0 aliphatic carbocycles. The molecule has 0 bridgehead atoms. The van der Waals surface area contributed by atoms with Gasteiger partial charge in [-0.25, -0.2) is 9.97 Å². The zero-order chi connectivity index (χ0) is 9.80. The minimum absolute atomic E-state index is 0.465. The molecule has 0 fully saturated rings. The Labute approximate surface area is 85.0 Å². The highest BCUT2D eigenvalue weighted by atomic mass is 32.1. The summed E-state index contributed by atoms with van der Waals surface area (Å²) in [5, 5.41) is 3.13. The zero-order valence-electron chi connectivity index (χ0n) is 7.34. The first kappa shape index (κ1) is 8.89. The van der Waals surface area contributed by atoms with E-state index in [0.717, 1.165) is 10.7 Å². The van der Waals surface area contributed by atoms with Crippen molar-refractivity contribution in [2.45, 2.75) is 6.54 Å². The molecule has 72 valence electrons. The van der Waals surface area contributed by atoms with Gasteiger partial charge in [-0.15, -0.1) is 11.3 Å². The molecule has 3 N–H and O–H groups in total. The lowest BCUT2D eigenvalue weighted by Gasteiger charge is -2.02. The quantitative estimate of drug-likeness (QED) is 0.788. The van der Waals surface area contributed by atoms with E-state index in [2.05, 4.69) is 20.3 Å². The lowest BCUT2D eigenvalue weighted by Crippen LogP contribution is -2.01. The average Bonchev–Trinajstić information content (AvgIpc) is 2.67. The third kappa shape index (κ3) is 2.17. The summed E-state index contributed by atoms with van der Waals surface area (Å²) >= 11 is 1.60. The summed E-state index contributed by atoms with van der Waals surface area (Å²) < 4.78 is 0. The van der Waals surface area contributed by atoms with E-state index in [9.17, 15) is 0 Å². The first-order chi connectivity index (χ1) is 6.84. The van der Waals surface area contributed by atoms with Crippen molar-refractivity contribution < 1.29 is 0 Å². The second-order valence-electron chi connectivity index (χ2n) is 2.65. The number of thiazole rings is 1. The largest absolute Gasteiger partial charge is 0.384 e. The molecule has 2 aromatic rings. The van der Waals surface area contributed by atoms with E-state index in [1.54, 1.807) is 22.9 Å². The second kappa shape index (κ2) is 4.01. The average molecular weight is 207 g/mol. The van der Waals surface area contributed by atoms with Crippen LogP contribution in [0.1, 0.15) is 4.88 Å². The number of nitrogens with zero attached hydrogens (tertiary/aromatic N) is 3. The molecule has 14 heavy (non-hydrogen) atoms. The van der Waals surface area contributed by atoms with E-state index in [-0.39, 0.29) is 0 Å². The highest BCUT2D eigenvalue weighted by Crippen LogP contribution is 2.10. The molecule has 0 unspecified atom stereocenters. The van der Waals surface area contributed by atoms with E-state index >= 15 is 0 Å². The summed E-state index contributed by atoms with van der Waals surface area (Å²) in [6, 6.07) is 1.70. The molecule has 2 aromatic heterocycles. The summed E-state index contributed by atoms with van der Waals surface area (Å²) in [6.45, 7) is 0.709. The fourth-order valence-electron chi connectivity index (χ4n) is 0.976. The number of nitrogens with one attached hydrogen (secondary N) is 1. The van der Waals surface area contributed by atoms with Crippen molar-refractivity contribution >= 4 is 23.0 Å². The zero-order valence-corrected chi connectivity index (χ0v) is 8.16. The van der Waals surface area contributed by atoms with Crippen molar-refractivity contribution in [2.24, 2.45) is 0 Å². The maximum atomic E-state index is 5.51. The van der Waals surface area contributed by atoms with Gasteiger partial charge < -0.3 is 11.1 Å². The highest BCUT2D eigenvalue weighted by molar-refractivity contribution is 7.09. The predicted octanol–water partition coefficient (Wildman–Crippen LogP) is 1.13. The smallest absolute Gasteiger partial charge is 0.131 e. The molecule has 6 heteroatoms. The van der Waals surface area contributed by atoms with Crippen LogP contribution in [0.15, 0.2) is 24.1 Å². The molecular weight excluding hydrogens is 198 g/mol. The fourth-order valence-corrected chi connectivity index (χ4v) is 1.51. The topological polar surface area (TPSA) is 76.7 Å². The molecule has 0 atom stereocenters. The number of aromatic nitrogens is 3. The normalized spacial score (nSPS) is 10.0. The first-order valence-electron chi connectivity index (χ1n) is 4.03. The lowest BCUT2D eigenvalue weighted by atomic mass is 10.5. The van der Waals surface area contributed by atoms with Gasteiger partial charge in [0.15, 0.2) is 0 Å². The van der Waals surface area contributed by atoms with Gasteiger partial charge in [-0.05, 0) is 0 Å². The molecule has 0 aromatic carbocycles. The summed E-state index contributed by atoms with van der Waals surface area (Å²) in [5.74, 6) is 1.19. The van der Waals surface area contributed by atoms with Crippen LogP contribution in [-0.2, 0) is 6.54 Å². The molecule has 2 rings (SSSR count). The number of anilines is 2. The second-order valence-corrected chi connectivity index (χ2v) is 3.62. The SMILES string of the molecule is Nc1cc(NCc2cncs2)ncn1. The standard InChI is InChI=1S/C8H9N5S/c9-7-1-8(13-4-12-7)11-3-6-2-10-5-14-6/h1-2,4-5H,3H2,(H3,9,11,12,13). The third-order valence-electron chi connectivity index (χ3n) is 1.62. The van der Waals surface area contributed by atoms with E-state index < -0.39 is 0 Å². The number of hydrogen-bond donors (Lipinski definition) is 2. The Morgan fingerprint density at radius 2 is 2.36 bits per heavy atom. The molecule has 0 saturated heterocycles. The minimum Gasteiger partial charge on any atom is -0.384 e. The molecular formula is C8H9N5S. The van der Waals surface area contributed by atoms with Crippen molar-refractivity contribution in [3.63, 3.8) is 0 Å². The summed E-state index contributed by atoms with van der Waals surface area (Å²) in [6.07, 6.45) is 3.26. The van der Waals surface area contributed by atoms with Crippen LogP contribution in [0, 0.1) is 0 Å². The number of hydrogen-bond acceptors (Lipinski definition) is 6. The van der Waals surface area contributed by atoms with Crippen LogP contribution in [0.25, 0.3) is 0 Å². The molecule has 5 nitrogen and oxygen atoms in total. The van der Waals surface area contributed by atoms with Gasteiger partial charge in [-0.3, -0.25) is 4.98 Å². The van der Waals surface area contributed by atoms with Gasteiger partial charge in [-0.2, -0.15) is 0 Å². The van der Waals surface area contributed by atoms with Crippen molar-refractivity contribution in [1.29, 1.82) is 0 Å². The van der Waals surface area contributed by atoms with E-state index in [0.29, 0.717) is 12.4 Å². The molecule has 0 spiro atoms. The molecule has 0 amide bonds. The van der Waals surface area contributed by atoms with Crippen molar-refractivity contribution in [3.05, 3.63) is 29.0 Å². The van der Waals surface area contributed by atoms with E-state index in [1.807, 2.05) is 6.20 Å². The molecule has 0 aliphatic rings. The Balaban J connectivity index is 1.98. The van der Waals surface area contributed by atoms with Gasteiger partial charge in [-0.1, -0.05) is 0 Å². The molecule has 0 saturated carbocycles. The highest BCUT2D eigenvalue weighted by Gasteiger charge is 1.96.